The van der Waals surface area contributed by atoms with Gasteiger partial charge < -0.3 is 4.90 Å². The highest BCUT2D eigenvalue weighted by atomic mass is 32.1. The molecule has 3 heteroatoms. The van der Waals surface area contributed by atoms with Gasteiger partial charge in [-0.05, 0) is 68.2 Å². The van der Waals surface area contributed by atoms with Crippen molar-refractivity contribution >= 4 is 93.2 Å². The van der Waals surface area contributed by atoms with Crippen LogP contribution in [0, 0.1) is 0 Å². The van der Waals surface area contributed by atoms with Crippen molar-refractivity contribution in [3.05, 3.63) is 158 Å². The average Bonchev–Trinajstić information content (AvgIpc) is 3.68. The van der Waals surface area contributed by atoms with Crippen molar-refractivity contribution in [1.29, 1.82) is 0 Å². The van der Waals surface area contributed by atoms with Crippen LogP contribution in [0.3, 0.4) is 0 Å². The fourth-order valence-corrected chi connectivity index (χ4v) is 9.72. The molecule has 3 heterocycles. The van der Waals surface area contributed by atoms with E-state index in [0.717, 1.165) is 0 Å². The maximum atomic E-state index is 2.59. The van der Waals surface area contributed by atoms with E-state index in [1.807, 2.05) is 11.3 Å². The summed E-state index contributed by atoms with van der Waals surface area (Å²) < 4.78 is 2.68. The summed E-state index contributed by atoms with van der Waals surface area (Å²) in [6.07, 6.45) is 0. The van der Waals surface area contributed by atoms with Crippen molar-refractivity contribution in [1.82, 2.24) is 0 Å². The number of hydrogen-bond acceptors (Lipinski definition) is 2. The Bertz CT molecular complexity index is 2770. The summed E-state index contributed by atoms with van der Waals surface area (Å²) in [7, 11) is 0. The van der Waals surface area contributed by atoms with Gasteiger partial charge in [0.1, 0.15) is 0 Å². The number of nitrogens with zero attached hydrogens (tertiary/aromatic N) is 1. The smallest absolute Gasteiger partial charge is 0.248 e. The molecule has 1 aromatic heterocycles. The van der Waals surface area contributed by atoms with Crippen molar-refractivity contribution in [2.75, 3.05) is 4.90 Å². The standard InChI is InChI=1S/C44H26BNS/c1-3-14-30-27(11-1)13-9-21-39(30)46-40-26-29(32-18-10-19-35-34-17-6-8-22-41(34)47-44(32)35)25-36-33-16-5-7-20-37(33)45(42(36)40)38-24-23-28-12-2-4-15-31(28)43(38)46/h1-26H. The third-order valence-electron chi connectivity index (χ3n) is 10.4. The van der Waals surface area contributed by atoms with Crippen LogP contribution in [0.25, 0.3) is 64.0 Å². The van der Waals surface area contributed by atoms with Gasteiger partial charge in [0.05, 0.1) is 5.69 Å². The molecule has 2 aliphatic heterocycles. The summed E-state index contributed by atoms with van der Waals surface area (Å²) in [6, 6.07) is 58.9. The van der Waals surface area contributed by atoms with E-state index in [4.69, 9.17) is 0 Å². The van der Waals surface area contributed by atoms with Gasteiger partial charge in [-0.2, -0.15) is 0 Å². The van der Waals surface area contributed by atoms with Crippen LogP contribution in [-0.2, 0) is 0 Å². The Morgan fingerprint density at radius 3 is 2.04 bits per heavy atom. The van der Waals surface area contributed by atoms with E-state index in [9.17, 15) is 0 Å². The molecule has 216 valence electrons. The summed E-state index contributed by atoms with van der Waals surface area (Å²) in [5.41, 5.74) is 13.2. The number of benzene rings is 8. The molecule has 2 aliphatic rings. The van der Waals surface area contributed by atoms with E-state index >= 15 is 0 Å². The monoisotopic (exact) mass is 611 g/mol. The fraction of sp³-hybridized carbons (Fsp3) is 0. The van der Waals surface area contributed by atoms with Gasteiger partial charge in [0.2, 0.25) is 6.71 Å². The van der Waals surface area contributed by atoms with E-state index in [0.29, 0.717) is 0 Å². The Kier molecular flexibility index (Phi) is 5.14. The molecule has 0 fully saturated rings. The molecule has 0 saturated carbocycles. The lowest BCUT2D eigenvalue weighted by molar-refractivity contribution is 1.33. The van der Waals surface area contributed by atoms with Gasteiger partial charge in [-0.15, -0.1) is 11.3 Å². The van der Waals surface area contributed by atoms with Crippen LogP contribution in [0.5, 0.6) is 0 Å². The zero-order valence-corrected chi connectivity index (χ0v) is 26.3. The minimum Gasteiger partial charge on any atom is -0.310 e. The maximum Gasteiger partial charge on any atom is 0.248 e. The molecule has 0 aliphatic carbocycles. The van der Waals surface area contributed by atoms with E-state index in [2.05, 4.69) is 163 Å². The van der Waals surface area contributed by atoms with Crippen LogP contribution in [0.15, 0.2) is 158 Å². The summed E-state index contributed by atoms with van der Waals surface area (Å²) >= 11 is 1.91. The third kappa shape index (κ3) is 3.44. The highest BCUT2D eigenvalue weighted by Gasteiger charge is 2.43. The Morgan fingerprint density at radius 1 is 0.447 bits per heavy atom. The third-order valence-corrected chi connectivity index (χ3v) is 11.7. The largest absolute Gasteiger partial charge is 0.310 e. The number of thiophene rings is 1. The van der Waals surface area contributed by atoms with Crippen molar-refractivity contribution in [2.45, 2.75) is 0 Å². The molecule has 0 bridgehead atoms. The molecule has 0 N–H and O–H groups in total. The Hall–Kier alpha value is -5.64. The zero-order valence-electron chi connectivity index (χ0n) is 25.4. The number of anilines is 3. The number of hydrogen-bond donors (Lipinski definition) is 0. The molecule has 11 rings (SSSR count). The lowest BCUT2D eigenvalue weighted by atomic mass is 9.37. The van der Waals surface area contributed by atoms with E-state index in [1.54, 1.807) is 0 Å². The molecule has 0 unspecified atom stereocenters. The van der Waals surface area contributed by atoms with Crippen LogP contribution >= 0.6 is 11.3 Å². The van der Waals surface area contributed by atoms with Crippen LogP contribution in [0.2, 0.25) is 0 Å². The Balaban J connectivity index is 1.30. The second-order valence-electron chi connectivity index (χ2n) is 12.8. The molecular formula is C44H26BNS. The SMILES string of the molecule is c1ccc2c(c1)B1c3ccc4ccccc4c3N(c3cccc4ccccc34)c3cc(-c4cccc5c4sc4ccccc45)cc-2c31. The van der Waals surface area contributed by atoms with Crippen molar-refractivity contribution in [3.63, 3.8) is 0 Å². The highest BCUT2D eigenvalue weighted by molar-refractivity contribution is 7.26. The average molecular weight is 612 g/mol. The Labute approximate surface area is 277 Å². The summed E-state index contributed by atoms with van der Waals surface area (Å²) in [5, 5.41) is 7.72. The van der Waals surface area contributed by atoms with Gasteiger partial charge in [-0.25, -0.2) is 0 Å². The first kappa shape index (κ1) is 25.5. The van der Waals surface area contributed by atoms with Gasteiger partial charge in [0.25, 0.3) is 0 Å². The second kappa shape index (κ2) is 9.45. The van der Waals surface area contributed by atoms with Crippen molar-refractivity contribution in [3.8, 4) is 22.3 Å². The normalized spacial score (nSPS) is 13.0. The molecule has 1 nitrogen and oxygen atoms in total. The minimum absolute atomic E-state index is 0.177. The first-order valence-corrected chi connectivity index (χ1v) is 17.1. The quantitative estimate of drug-likeness (QED) is 0.176. The van der Waals surface area contributed by atoms with Crippen LogP contribution in [0.1, 0.15) is 0 Å². The molecule has 0 radical (unpaired) electrons. The molecule has 0 amide bonds. The first-order valence-electron chi connectivity index (χ1n) is 16.3. The predicted octanol–water partition coefficient (Wildman–Crippen LogP) is 10.3. The summed E-state index contributed by atoms with van der Waals surface area (Å²) in [5.74, 6) is 0. The molecule has 9 aromatic rings. The minimum atomic E-state index is 0.177. The molecule has 0 spiro atoms. The number of fused-ring (bicyclic) bond motifs is 11. The van der Waals surface area contributed by atoms with Crippen molar-refractivity contribution in [2.24, 2.45) is 0 Å². The van der Waals surface area contributed by atoms with Gasteiger partial charge in [0, 0.05) is 42.3 Å². The highest BCUT2D eigenvalue weighted by Crippen LogP contribution is 2.48. The van der Waals surface area contributed by atoms with Crippen molar-refractivity contribution < 1.29 is 0 Å². The van der Waals surface area contributed by atoms with E-state index in [-0.39, 0.29) is 6.71 Å². The van der Waals surface area contributed by atoms with Gasteiger partial charge in [-0.1, -0.05) is 139 Å². The van der Waals surface area contributed by atoms with Crippen LogP contribution in [0.4, 0.5) is 17.1 Å². The predicted molar refractivity (Wildman–Crippen MR) is 205 cm³/mol. The first-order chi connectivity index (χ1) is 23.3. The van der Waals surface area contributed by atoms with Crippen LogP contribution < -0.4 is 21.3 Å². The van der Waals surface area contributed by atoms with Gasteiger partial charge in [0.15, 0.2) is 0 Å². The second-order valence-corrected chi connectivity index (χ2v) is 13.9. The summed E-state index contributed by atoms with van der Waals surface area (Å²) in [4.78, 5) is 2.59. The van der Waals surface area contributed by atoms with Gasteiger partial charge in [-0.3, -0.25) is 0 Å². The van der Waals surface area contributed by atoms with Gasteiger partial charge >= 0.3 is 0 Å². The van der Waals surface area contributed by atoms with Crippen LogP contribution in [-0.4, -0.2) is 6.71 Å². The zero-order chi connectivity index (χ0) is 30.6. The maximum absolute atomic E-state index is 2.59. The molecular weight excluding hydrogens is 585 g/mol. The number of rotatable bonds is 2. The van der Waals surface area contributed by atoms with E-state index in [1.165, 1.54) is 97.4 Å². The lowest BCUT2D eigenvalue weighted by Crippen LogP contribution is -2.54. The fourth-order valence-electron chi connectivity index (χ4n) is 8.48. The molecule has 47 heavy (non-hydrogen) atoms. The summed E-state index contributed by atoms with van der Waals surface area (Å²) in [6.45, 7) is 0.177. The molecule has 0 saturated heterocycles. The topological polar surface area (TPSA) is 3.24 Å². The van der Waals surface area contributed by atoms with E-state index < -0.39 is 0 Å². The Morgan fingerprint density at radius 2 is 1.13 bits per heavy atom. The molecule has 8 aromatic carbocycles. The lowest BCUT2D eigenvalue weighted by Gasteiger charge is -2.38. The molecule has 0 atom stereocenters.